The number of carbonyl (C=O) groups is 2. The van der Waals surface area contributed by atoms with Crippen LogP contribution in [0.2, 0.25) is 0 Å². The normalized spacial score (nSPS) is 10.7. The van der Waals surface area contributed by atoms with E-state index in [4.69, 9.17) is 5.11 Å². The third kappa shape index (κ3) is 5.91. The maximum atomic E-state index is 12.3. The molecule has 2 N–H and O–H groups in total. The molecule has 0 spiro atoms. The van der Waals surface area contributed by atoms with Crippen LogP contribution < -0.4 is 5.32 Å². The van der Waals surface area contributed by atoms with Crippen molar-refractivity contribution in [3.05, 3.63) is 46.8 Å². The van der Waals surface area contributed by atoms with Gasteiger partial charge in [0.15, 0.2) is 0 Å². The van der Waals surface area contributed by atoms with E-state index in [1.807, 2.05) is 49.8 Å². The fraction of sp³-hybridized carbons (Fsp3) is 0.421. The van der Waals surface area contributed by atoms with E-state index < -0.39 is 5.97 Å². The Morgan fingerprint density at radius 1 is 1.27 bits per heavy atom. The summed E-state index contributed by atoms with van der Waals surface area (Å²) < 4.78 is 1.84. The minimum absolute atomic E-state index is 0.0247. The lowest BCUT2D eigenvalue weighted by Crippen LogP contribution is -2.13. The molecule has 140 valence electrons. The molecule has 0 radical (unpaired) electrons. The monoisotopic (exact) mass is 375 g/mol. The molecule has 2 rings (SSSR count). The Labute approximate surface area is 158 Å². The third-order valence-corrected chi connectivity index (χ3v) is 5.23. The SMILES string of the molecule is Cc1nn(C)c(C)c1CCC(=O)Nc1cccc(CSCCC(=O)O)c1. The molecule has 1 aromatic carbocycles. The first-order chi connectivity index (χ1) is 12.4. The van der Waals surface area contributed by atoms with Crippen LogP contribution in [-0.2, 0) is 28.8 Å². The van der Waals surface area contributed by atoms with Crippen LogP contribution in [0.25, 0.3) is 0 Å². The molecule has 0 aliphatic rings. The molecular weight excluding hydrogens is 350 g/mol. The predicted octanol–water partition coefficient (Wildman–Crippen LogP) is 3.32. The van der Waals surface area contributed by atoms with Crippen LogP contribution in [0.4, 0.5) is 5.69 Å². The number of nitrogens with zero attached hydrogens (tertiary/aromatic N) is 2. The highest BCUT2D eigenvalue weighted by atomic mass is 32.2. The Hall–Kier alpha value is -2.28. The van der Waals surface area contributed by atoms with Gasteiger partial charge in [-0.3, -0.25) is 14.3 Å². The smallest absolute Gasteiger partial charge is 0.304 e. The molecule has 2 aromatic rings. The molecule has 0 unspecified atom stereocenters. The number of aliphatic carboxylic acids is 1. The molecule has 0 saturated heterocycles. The molecule has 6 nitrogen and oxygen atoms in total. The average molecular weight is 375 g/mol. The third-order valence-electron chi connectivity index (χ3n) is 4.20. The standard InChI is InChI=1S/C19H25N3O3S/c1-13-17(14(2)22(3)21-13)7-8-18(23)20-16-6-4-5-15(11-16)12-26-10-9-19(24)25/h4-6,11H,7-10,12H2,1-3H3,(H,20,23)(H,24,25). The van der Waals surface area contributed by atoms with Crippen molar-refractivity contribution in [2.45, 2.75) is 38.9 Å². The maximum absolute atomic E-state index is 12.3. The van der Waals surface area contributed by atoms with E-state index in [-0.39, 0.29) is 12.3 Å². The molecule has 1 heterocycles. The largest absolute Gasteiger partial charge is 0.481 e. The van der Waals surface area contributed by atoms with Crippen molar-refractivity contribution in [2.75, 3.05) is 11.1 Å². The van der Waals surface area contributed by atoms with Gasteiger partial charge in [-0.2, -0.15) is 16.9 Å². The molecule has 0 saturated carbocycles. The fourth-order valence-corrected chi connectivity index (χ4v) is 3.61. The molecule has 0 aliphatic carbocycles. The van der Waals surface area contributed by atoms with Gasteiger partial charge in [0, 0.05) is 36.4 Å². The molecule has 0 aliphatic heterocycles. The highest BCUT2D eigenvalue weighted by Crippen LogP contribution is 2.18. The van der Waals surface area contributed by atoms with Crippen molar-refractivity contribution in [2.24, 2.45) is 7.05 Å². The highest BCUT2D eigenvalue weighted by molar-refractivity contribution is 7.98. The van der Waals surface area contributed by atoms with Crippen molar-refractivity contribution in [1.29, 1.82) is 0 Å². The van der Waals surface area contributed by atoms with Gasteiger partial charge in [0.25, 0.3) is 0 Å². The second-order valence-electron chi connectivity index (χ2n) is 6.22. The maximum Gasteiger partial charge on any atom is 0.304 e. The lowest BCUT2D eigenvalue weighted by Gasteiger charge is -2.08. The van der Waals surface area contributed by atoms with Gasteiger partial charge < -0.3 is 10.4 Å². The number of amides is 1. The van der Waals surface area contributed by atoms with Crippen molar-refractivity contribution in [3.8, 4) is 0 Å². The molecule has 26 heavy (non-hydrogen) atoms. The van der Waals surface area contributed by atoms with Crippen LogP contribution >= 0.6 is 11.8 Å². The van der Waals surface area contributed by atoms with Crippen molar-refractivity contribution >= 4 is 29.3 Å². The first kappa shape index (κ1) is 20.0. The van der Waals surface area contributed by atoms with Crippen LogP contribution in [0.15, 0.2) is 24.3 Å². The van der Waals surface area contributed by atoms with Crippen LogP contribution in [0, 0.1) is 13.8 Å². The number of carboxylic acid groups (broad SMARTS) is 1. The Balaban J connectivity index is 1.84. The average Bonchev–Trinajstić information content (AvgIpc) is 2.82. The van der Waals surface area contributed by atoms with E-state index in [2.05, 4.69) is 10.4 Å². The first-order valence-electron chi connectivity index (χ1n) is 8.54. The number of nitrogens with one attached hydrogen (secondary N) is 1. The summed E-state index contributed by atoms with van der Waals surface area (Å²) in [5, 5.41) is 16.0. The zero-order valence-corrected chi connectivity index (χ0v) is 16.2. The predicted molar refractivity (Wildman–Crippen MR) is 104 cm³/mol. The minimum atomic E-state index is -0.780. The molecular formula is C19H25N3O3S. The Morgan fingerprint density at radius 3 is 2.69 bits per heavy atom. The van der Waals surface area contributed by atoms with E-state index >= 15 is 0 Å². The van der Waals surface area contributed by atoms with Gasteiger partial charge in [-0.25, -0.2) is 0 Å². The Morgan fingerprint density at radius 2 is 2.04 bits per heavy atom. The van der Waals surface area contributed by atoms with Gasteiger partial charge in [0.05, 0.1) is 12.1 Å². The lowest BCUT2D eigenvalue weighted by atomic mass is 10.1. The second-order valence-corrected chi connectivity index (χ2v) is 7.32. The van der Waals surface area contributed by atoms with Crippen LogP contribution in [0.5, 0.6) is 0 Å². The van der Waals surface area contributed by atoms with E-state index in [9.17, 15) is 9.59 Å². The number of hydrogen-bond acceptors (Lipinski definition) is 4. The Bertz CT molecular complexity index is 786. The van der Waals surface area contributed by atoms with Crippen molar-refractivity contribution in [1.82, 2.24) is 9.78 Å². The summed E-state index contributed by atoms with van der Waals surface area (Å²) in [6, 6.07) is 7.68. The van der Waals surface area contributed by atoms with Crippen molar-refractivity contribution in [3.63, 3.8) is 0 Å². The topological polar surface area (TPSA) is 84.2 Å². The number of thioether (sulfide) groups is 1. The number of benzene rings is 1. The zero-order chi connectivity index (χ0) is 19.1. The second kappa shape index (κ2) is 9.43. The summed E-state index contributed by atoms with van der Waals surface area (Å²) in [6.07, 6.45) is 1.24. The summed E-state index contributed by atoms with van der Waals surface area (Å²) in [4.78, 5) is 22.8. The summed E-state index contributed by atoms with van der Waals surface area (Å²) in [6.45, 7) is 3.98. The van der Waals surface area contributed by atoms with Gasteiger partial charge in [-0.15, -0.1) is 0 Å². The number of carbonyl (C=O) groups excluding carboxylic acids is 1. The highest BCUT2D eigenvalue weighted by Gasteiger charge is 2.11. The quantitative estimate of drug-likeness (QED) is 0.657. The number of aryl methyl sites for hydroxylation is 2. The number of aromatic nitrogens is 2. The van der Waals surface area contributed by atoms with Gasteiger partial charge >= 0.3 is 5.97 Å². The summed E-state index contributed by atoms with van der Waals surface area (Å²) >= 11 is 1.57. The van der Waals surface area contributed by atoms with E-state index in [1.165, 1.54) is 0 Å². The first-order valence-corrected chi connectivity index (χ1v) is 9.69. The van der Waals surface area contributed by atoms with Gasteiger partial charge in [0.1, 0.15) is 0 Å². The molecule has 7 heteroatoms. The summed E-state index contributed by atoms with van der Waals surface area (Å²) in [7, 11) is 1.91. The number of anilines is 1. The Kier molecular flexibility index (Phi) is 7.26. The molecule has 0 bridgehead atoms. The minimum Gasteiger partial charge on any atom is -0.481 e. The number of hydrogen-bond donors (Lipinski definition) is 2. The fourth-order valence-electron chi connectivity index (χ4n) is 2.73. The zero-order valence-electron chi connectivity index (χ0n) is 15.4. The molecule has 1 amide bonds. The molecule has 1 aromatic heterocycles. The molecule has 0 atom stereocenters. The van der Waals surface area contributed by atoms with E-state index in [0.717, 1.165) is 34.0 Å². The van der Waals surface area contributed by atoms with Crippen LogP contribution in [0.1, 0.15) is 35.4 Å². The van der Waals surface area contributed by atoms with Crippen LogP contribution in [0.3, 0.4) is 0 Å². The van der Waals surface area contributed by atoms with Crippen LogP contribution in [-0.4, -0.2) is 32.5 Å². The van der Waals surface area contributed by atoms with E-state index in [1.54, 1.807) is 11.8 Å². The van der Waals surface area contributed by atoms with E-state index in [0.29, 0.717) is 18.6 Å². The molecule has 0 fully saturated rings. The summed E-state index contributed by atoms with van der Waals surface area (Å²) in [5.74, 6) is 0.502. The van der Waals surface area contributed by atoms with Gasteiger partial charge in [-0.1, -0.05) is 12.1 Å². The lowest BCUT2D eigenvalue weighted by molar-refractivity contribution is -0.136. The van der Waals surface area contributed by atoms with Gasteiger partial charge in [-0.05, 0) is 43.5 Å². The number of carboxylic acids is 1. The summed E-state index contributed by atoms with van der Waals surface area (Å²) in [5.41, 5.74) is 5.03. The van der Waals surface area contributed by atoms with Crippen molar-refractivity contribution < 1.29 is 14.7 Å². The number of rotatable bonds is 9. The van der Waals surface area contributed by atoms with Gasteiger partial charge in [0.2, 0.25) is 5.91 Å².